The van der Waals surface area contributed by atoms with Crippen molar-refractivity contribution in [1.82, 2.24) is 4.90 Å². The Morgan fingerprint density at radius 1 is 1.11 bits per heavy atom. The van der Waals surface area contributed by atoms with Crippen LogP contribution in [0.5, 0.6) is 5.75 Å². The second kappa shape index (κ2) is 10.1. The molecule has 0 aliphatic carbocycles. The molecule has 4 nitrogen and oxygen atoms in total. The first-order valence-electron chi connectivity index (χ1n) is 9.80. The fourth-order valence-electron chi connectivity index (χ4n) is 3.32. The van der Waals surface area contributed by atoms with Crippen molar-refractivity contribution in [3.63, 3.8) is 0 Å². The van der Waals surface area contributed by atoms with Crippen LogP contribution in [0.3, 0.4) is 0 Å². The van der Waals surface area contributed by atoms with Crippen LogP contribution in [0.25, 0.3) is 5.57 Å². The highest BCUT2D eigenvalue weighted by Crippen LogP contribution is 2.27. The Hall–Kier alpha value is -2.59. The van der Waals surface area contributed by atoms with Gasteiger partial charge in [0.25, 0.3) is 0 Å². The number of rotatable bonds is 7. The molecule has 0 radical (unpaired) electrons. The number of ether oxygens (including phenoxy) is 1. The number of amides is 1. The topological polar surface area (TPSA) is 41.6 Å². The highest BCUT2D eigenvalue weighted by Gasteiger charge is 2.13. The predicted molar refractivity (Wildman–Crippen MR) is 118 cm³/mol. The summed E-state index contributed by atoms with van der Waals surface area (Å²) in [5.74, 6) is 1.37. The Morgan fingerprint density at radius 3 is 2.36 bits per heavy atom. The molecule has 2 aromatic rings. The van der Waals surface area contributed by atoms with Crippen LogP contribution < -0.4 is 10.1 Å². The number of carbonyl (C=O) groups excluding carboxylic acids is 1. The Labute approximate surface area is 169 Å². The number of nitrogens with one attached hydrogen (secondary N) is 1. The highest BCUT2D eigenvalue weighted by atomic mass is 16.6. The third-order valence-corrected chi connectivity index (χ3v) is 4.68. The van der Waals surface area contributed by atoms with E-state index in [4.69, 9.17) is 4.74 Å². The van der Waals surface area contributed by atoms with Gasteiger partial charge in [0.2, 0.25) is 0 Å². The van der Waals surface area contributed by atoms with Crippen molar-refractivity contribution in [2.24, 2.45) is 5.92 Å². The summed E-state index contributed by atoms with van der Waals surface area (Å²) in [6, 6.07) is 15.5. The molecule has 0 saturated carbocycles. The zero-order valence-corrected chi connectivity index (χ0v) is 17.8. The minimum absolute atomic E-state index is 0.378. The summed E-state index contributed by atoms with van der Waals surface area (Å²) in [5, 5.41) is 2.79. The SMILES string of the molecule is CC=C(c1cccc(OC(=O)Nc2ccc(C(C)C)cc2)c1)C(C)CN(C)C. The third-order valence-electron chi connectivity index (χ3n) is 4.68. The molecule has 1 amide bonds. The van der Waals surface area contributed by atoms with Gasteiger partial charge < -0.3 is 9.64 Å². The minimum atomic E-state index is -0.488. The quantitative estimate of drug-likeness (QED) is 0.638. The van der Waals surface area contributed by atoms with Crippen molar-refractivity contribution in [3.8, 4) is 5.75 Å². The van der Waals surface area contributed by atoms with E-state index in [1.54, 1.807) is 6.07 Å². The Bertz CT molecular complexity index is 808. The van der Waals surface area contributed by atoms with Crippen LogP contribution in [0.4, 0.5) is 10.5 Å². The van der Waals surface area contributed by atoms with Gasteiger partial charge in [-0.2, -0.15) is 0 Å². The van der Waals surface area contributed by atoms with Crippen LogP contribution >= 0.6 is 0 Å². The summed E-state index contributed by atoms with van der Waals surface area (Å²) in [6.45, 7) is 9.49. The second-order valence-electron chi connectivity index (χ2n) is 7.73. The first-order chi connectivity index (χ1) is 13.3. The summed E-state index contributed by atoms with van der Waals surface area (Å²) in [7, 11) is 4.14. The number of allylic oxidation sites excluding steroid dienone is 1. The number of nitrogens with zero attached hydrogens (tertiary/aromatic N) is 1. The molecule has 28 heavy (non-hydrogen) atoms. The molecular weight excluding hydrogens is 348 g/mol. The van der Waals surface area contributed by atoms with E-state index >= 15 is 0 Å². The normalized spacial score (nSPS) is 12.9. The van der Waals surface area contributed by atoms with Crippen molar-refractivity contribution in [1.29, 1.82) is 0 Å². The van der Waals surface area contributed by atoms with E-state index in [0.29, 0.717) is 17.6 Å². The van der Waals surface area contributed by atoms with E-state index in [9.17, 15) is 4.79 Å². The maximum Gasteiger partial charge on any atom is 0.417 e. The minimum Gasteiger partial charge on any atom is -0.410 e. The molecule has 2 rings (SSSR count). The summed E-state index contributed by atoms with van der Waals surface area (Å²) in [4.78, 5) is 14.4. The van der Waals surface area contributed by atoms with Crippen LogP contribution in [0.15, 0.2) is 54.6 Å². The average molecular weight is 381 g/mol. The molecule has 0 fully saturated rings. The Kier molecular flexibility index (Phi) is 7.82. The van der Waals surface area contributed by atoms with Gasteiger partial charge in [-0.1, -0.05) is 51.1 Å². The molecule has 2 aromatic carbocycles. The standard InChI is InChI=1S/C24H32N2O2/c1-7-23(18(4)16-26(5)6)20-9-8-10-22(15-20)28-24(27)25-21-13-11-19(12-14-21)17(2)3/h7-15,17-18H,16H2,1-6H3,(H,25,27). The van der Waals surface area contributed by atoms with Crippen LogP contribution in [-0.4, -0.2) is 31.6 Å². The highest BCUT2D eigenvalue weighted by molar-refractivity contribution is 5.86. The second-order valence-corrected chi connectivity index (χ2v) is 7.73. The Balaban J connectivity index is 2.06. The van der Waals surface area contributed by atoms with Crippen molar-refractivity contribution in [3.05, 3.63) is 65.7 Å². The molecule has 0 heterocycles. The van der Waals surface area contributed by atoms with Crippen molar-refractivity contribution in [2.75, 3.05) is 26.0 Å². The maximum absolute atomic E-state index is 12.3. The largest absolute Gasteiger partial charge is 0.417 e. The molecule has 1 atom stereocenters. The summed E-state index contributed by atoms with van der Waals surface area (Å²) < 4.78 is 5.50. The van der Waals surface area contributed by atoms with E-state index < -0.39 is 6.09 Å². The lowest BCUT2D eigenvalue weighted by Crippen LogP contribution is -2.20. The predicted octanol–water partition coefficient (Wildman–Crippen LogP) is 6.02. The lowest BCUT2D eigenvalue weighted by atomic mass is 9.93. The fraction of sp³-hybridized carbons (Fsp3) is 0.375. The molecule has 0 aromatic heterocycles. The van der Waals surface area contributed by atoms with E-state index in [0.717, 1.165) is 17.8 Å². The number of anilines is 1. The van der Waals surface area contributed by atoms with E-state index in [-0.39, 0.29) is 0 Å². The monoisotopic (exact) mass is 380 g/mol. The van der Waals surface area contributed by atoms with Crippen LogP contribution in [-0.2, 0) is 0 Å². The first kappa shape index (κ1) is 21.7. The number of hydrogen-bond acceptors (Lipinski definition) is 3. The fourth-order valence-corrected chi connectivity index (χ4v) is 3.32. The van der Waals surface area contributed by atoms with Crippen molar-refractivity contribution in [2.45, 2.75) is 33.6 Å². The molecule has 150 valence electrons. The lowest BCUT2D eigenvalue weighted by molar-refractivity contribution is 0.215. The van der Waals surface area contributed by atoms with Gasteiger partial charge in [-0.15, -0.1) is 0 Å². The molecule has 0 aliphatic rings. The molecule has 0 spiro atoms. The average Bonchev–Trinajstić information content (AvgIpc) is 2.62. The third kappa shape index (κ3) is 6.24. The number of hydrogen-bond donors (Lipinski definition) is 1. The summed E-state index contributed by atoms with van der Waals surface area (Å²) in [5.41, 5.74) is 4.27. The van der Waals surface area contributed by atoms with Crippen molar-refractivity contribution < 1.29 is 9.53 Å². The van der Waals surface area contributed by atoms with Gasteiger partial charge >= 0.3 is 6.09 Å². The molecule has 0 aliphatic heterocycles. The van der Waals surface area contributed by atoms with Gasteiger partial charge in [0, 0.05) is 12.2 Å². The van der Waals surface area contributed by atoms with Crippen molar-refractivity contribution >= 4 is 17.4 Å². The number of carbonyl (C=O) groups is 1. The summed E-state index contributed by atoms with van der Waals surface area (Å²) >= 11 is 0. The first-order valence-corrected chi connectivity index (χ1v) is 9.80. The molecule has 4 heteroatoms. The van der Waals surface area contributed by atoms with E-state index in [1.807, 2.05) is 43.3 Å². The molecular formula is C24H32N2O2. The smallest absolute Gasteiger partial charge is 0.410 e. The Morgan fingerprint density at radius 2 is 1.79 bits per heavy atom. The zero-order chi connectivity index (χ0) is 20.7. The van der Waals surface area contributed by atoms with E-state index in [2.05, 4.69) is 57.2 Å². The van der Waals surface area contributed by atoms with Gasteiger partial charge in [-0.25, -0.2) is 4.79 Å². The molecule has 0 saturated heterocycles. The summed E-state index contributed by atoms with van der Waals surface area (Å²) in [6.07, 6.45) is 1.64. The van der Waals surface area contributed by atoms with Crippen LogP contribution in [0.2, 0.25) is 0 Å². The maximum atomic E-state index is 12.3. The van der Waals surface area contributed by atoms with Gasteiger partial charge in [-0.05, 0) is 73.8 Å². The van der Waals surface area contributed by atoms with Gasteiger partial charge in [0.05, 0.1) is 0 Å². The molecule has 0 bridgehead atoms. The van der Waals surface area contributed by atoms with Crippen LogP contribution in [0, 0.1) is 5.92 Å². The van der Waals surface area contributed by atoms with E-state index in [1.165, 1.54) is 11.1 Å². The van der Waals surface area contributed by atoms with Crippen LogP contribution in [0.1, 0.15) is 44.7 Å². The van der Waals surface area contributed by atoms with Gasteiger partial charge in [0.1, 0.15) is 5.75 Å². The molecule has 1 unspecified atom stereocenters. The molecule has 1 N–H and O–H groups in total. The number of benzene rings is 2. The van der Waals surface area contributed by atoms with Gasteiger partial charge in [0.15, 0.2) is 0 Å². The lowest BCUT2D eigenvalue weighted by Gasteiger charge is -2.20. The van der Waals surface area contributed by atoms with Gasteiger partial charge in [-0.3, -0.25) is 5.32 Å². The zero-order valence-electron chi connectivity index (χ0n) is 17.8.